The number of hydrogen-bond acceptors (Lipinski definition) is 4. The molecule has 29 heavy (non-hydrogen) atoms. The Morgan fingerprint density at radius 3 is 2.72 bits per heavy atom. The molecule has 0 radical (unpaired) electrons. The summed E-state index contributed by atoms with van der Waals surface area (Å²) < 4.78 is 2.63. The number of rotatable bonds is 4. The Kier molecular flexibility index (Phi) is 5.74. The smallest absolute Gasteiger partial charge is 0.276 e. The van der Waals surface area contributed by atoms with Gasteiger partial charge in [0, 0.05) is 26.0 Å². The highest BCUT2D eigenvalue weighted by Crippen LogP contribution is 2.34. The van der Waals surface area contributed by atoms with E-state index in [0.717, 1.165) is 15.7 Å². The molecule has 0 fully saturated rings. The first-order valence-corrected chi connectivity index (χ1v) is 10.9. The molecule has 0 aliphatic carbocycles. The quantitative estimate of drug-likeness (QED) is 0.460. The molecule has 2 heterocycles. The van der Waals surface area contributed by atoms with Gasteiger partial charge >= 0.3 is 0 Å². The zero-order chi connectivity index (χ0) is 20.5. The number of nitrogens with zero attached hydrogens (tertiary/aromatic N) is 3. The molecule has 1 aliphatic heterocycles. The minimum absolute atomic E-state index is 0.223. The van der Waals surface area contributed by atoms with E-state index in [4.69, 9.17) is 23.2 Å². The number of amides is 1. The summed E-state index contributed by atoms with van der Waals surface area (Å²) in [5.41, 5.74) is 3.04. The molecule has 1 N–H and O–H groups in total. The summed E-state index contributed by atoms with van der Waals surface area (Å²) >= 11 is 17.3. The lowest BCUT2D eigenvalue weighted by Crippen LogP contribution is -2.20. The second-order valence-electron chi connectivity index (χ2n) is 6.06. The van der Waals surface area contributed by atoms with Crippen LogP contribution in [0.5, 0.6) is 0 Å². The molecule has 4 rings (SSSR count). The summed E-state index contributed by atoms with van der Waals surface area (Å²) in [6, 6.07) is 11.1. The van der Waals surface area contributed by atoms with Crippen molar-refractivity contribution in [3.63, 3.8) is 0 Å². The topological polar surface area (TPSA) is 58.8 Å². The molecular formula is C20H13BrCl2N4OS. The number of thiazole rings is 1. The number of benzene rings is 2. The zero-order valence-corrected chi connectivity index (χ0v) is 18.7. The highest BCUT2D eigenvalue weighted by molar-refractivity contribution is 9.10. The fourth-order valence-corrected chi connectivity index (χ4v) is 4.49. The van der Waals surface area contributed by atoms with Crippen LogP contribution in [0.1, 0.15) is 5.56 Å². The normalized spacial score (nSPS) is 14.9. The van der Waals surface area contributed by atoms with Crippen LogP contribution in [0.4, 0.5) is 5.69 Å². The summed E-state index contributed by atoms with van der Waals surface area (Å²) in [6.45, 7) is 4.15. The van der Waals surface area contributed by atoms with Crippen LogP contribution < -0.4 is 10.1 Å². The van der Waals surface area contributed by atoms with Crippen molar-refractivity contribution >= 4 is 67.8 Å². The molecule has 1 aliphatic rings. The molecule has 146 valence electrons. The van der Waals surface area contributed by atoms with E-state index >= 15 is 0 Å². The first-order chi connectivity index (χ1) is 14.0. The Bertz CT molecular complexity index is 1230. The summed E-state index contributed by atoms with van der Waals surface area (Å²) in [7, 11) is 0. The summed E-state index contributed by atoms with van der Waals surface area (Å²) in [5, 5.41) is 10.2. The predicted molar refractivity (Wildman–Crippen MR) is 123 cm³/mol. The fraction of sp³-hybridized carbons (Fsp3) is 0.0500. The van der Waals surface area contributed by atoms with Crippen molar-refractivity contribution in [2.24, 2.45) is 10.1 Å². The average Bonchev–Trinajstić information content (AvgIpc) is 3.23. The van der Waals surface area contributed by atoms with Crippen LogP contribution in [0.25, 0.3) is 11.3 Å². The van der Waals surface area contributed by atoms with Crippen LogP contribution in [0.2, 0.25) is 10.0 Å². The van der Waals surface area contributed by atoms with Crippen molar-refractivity contribution in [2.45, 2.75) is 0 Å². The Balaban J connectivity index is 1.93. The zero-order valence-electron chi connectivity index (χ0n) is 14.8. The van der Waals surface area contributed by atoms with Gasteiger partial charge in [0.15, 0.2) is 5.71 Å². The molecule has 0 unspecified atom stereocenters. The van der Waals surface area contributed by atoms with E-state index in [1.54, 1.807) is 22.9 Å². The first-order valence-electron chi connectivity index (χ1n) is 8.45. The van der Waals surface area contributed by atoms with Gasteiger partial charge in [-0.15, -0.1) is 17.9 Å². The third-order valence-electron chi connectivity index (χ3n) is 4.14. The van der Waals surface area contributed by atoms with Crippen LogP contribution in [-0.4, -0.2) is 22.8 Å². The SMILES string of the molecule is C=CCN=c1scc(-c2ccc(Br)cc2)n1/N=C1/C(=O)Nc2c(Cl)cc(Cl)cc21. The third kappa shape index (κ3) is 3.96. The van der Waals surface area contributed by atoms with E-state index in [1.807, 2.05) is 29.6 Å². The molecule has 5 nitrogen and oxygen atoms in total. The second kappa shape index (κ2) is 8.28. The van der Waals surface area contributed by atoms with E-state index in [-0.39, 0.29) is 11.6 Å². The van der Waals surface area contributed by atoms with Crippen LogP contribution in [-0.2, 0) is 4.79 Å². The number of nitrogens with one attached hydrogen (secondary N) is 1. The summed E-state index contributed by atoms with van der Waals surface area (Å²) in [6.07, 6.45) is 1.70. The van der Waals surface area contributed by atoms with Crippen molar-refractivity contribution < 1.29 is 4.79 Å². The molecule has 0 atom stereocenters. The van der Waals surface area contributed by atoms with Gasteiger partial charge in [0.25, 0.3) is 5.91 Å². The maximum atomic E-state index is 12.6. The van der Waals surface area contributed by atoms with Crippen molar-refractivity contribution in [1.29, 1.82) is 0 Å². The Labute approximate surface area is 189 Å². The van der Waals surface area contributed by atoms with Crippen LogP contribution in [0.3, 0.4) is 0 Å². The third-order valence-corrected chi connectivity index (χ3v) is 6.04. The standard InChI is InChI=1S/C20H13BrCl2N4OS/c1-2-7-24-20-27(16(10-29-20)11-3-5-12(21)6-4-11)26-18-14-8-13(22)9-15(23)17(14)25-19(18)28/h2-6,8-10H,1,7H2,(H,25,26,28). The van der Waals surface area contributed by atoms with E-state index in [0.29, 0.717) is 32.6 Å². The number of anilines is 1. The first kappa shape index (κ1) is 20.1. The van der Waals surface area contributed by atoms with Gasteiger partial charge in [-0.1, -0.05) is 57.3 Å². The monoisotopic (exact) mass is 506 g/mol. The maximum absolute atomic E-state index is 12.6. The predicted octanol–water partition coefficient (Wildman–Crippen LogP) is 5.58. The molecule has 9 heteroatoms. The van der Waals surface area contributed by atoms with Gasteiger partial charge in [-0.05, 0) is 24.3 Å². The maximum Gasteiger partial charge on any atom is 0.276 e. The van der Waals surface area contributed by atoms with Crippen molar-refractivity contribution in [1.82, 2.24) is 4.68 Å². The number of halogens is 3. The minimum Gasteiger partial charge on any atom is -0.319 e. The number of hydrogen-bond donors (Lipinski definition) is 1. The average molecular weight is 508 g/mol. The lowest BCUT2D eigenvalue weighted by Gasteiger charge is -2.06. The molecular weight excluding hydrogens is 495 g/mol. The summed E-state index contributed by atoms with van der Waals surface area (Å²) in [5.74, 6) is -0.348. The second-order valence-corrected chi connectivity index (χ2v) is 8.66. The number of fused-ring (bicyclic) bond motifs is 1. The van der Waals surface area contributed by atoms with Gasteiger partial charge in [0.05, 0.1) is 22.9 Å². The van der Waals surface area contributed by atoms with Crippen molar-refractivity contribution in [2.75, 3.05) is 11.9 Å². The number of aromatic nitrogens is 1. The van der Waals surface area contributed by atoms with Gasteiger partial charge in [-0.2, -0.15) is 5.10 Å². The fourth-order valence-electron chi connectivity index (χ4n) is 2.85. The highest BCUT2D eigenvalue weighted by atomic mass is 79.9. The lowest BCUT2D eigenvalue weighted by molar-refractivity contribution is -0.110. The highest BCUT2D eigenvalue weighted by Gasteiger charge is 2.29. The molecule has 1 aromatic heterocycles. The van der Waals surface area contributed by atoms with E-state index in [1.165, 1.54) is 11.3 Å². The van der Waals surface area contributed by atoms with Gasteiger partial charge < -0.3 is 5.32 Å². The van der Waals surface area contributed by atoms with E-state index in [2.05, 4.69) is 37.9 Å². The molecule has 0 bridgehead atoms. The van der Waals surface area contributed by atoms with Gasteiger partial charge in [0.2, 0.25) is 4.80 Å². The minimum atomic E-state index is -0.348. The molecule has 3 aromatic rings. The molecule has 0 spiro atoms. The van der Waals surface area contributed by atoms with Crippen molar-refractivity contribution in [3.8, 4) is 11.3 Å². The number of carbonyl (C=O) groups is 1. The van der Waals surface area contributed by atoms with Crippen molar-refractivity contribution in [3.05, 3.63) is 79.3 Å². The molecule has 1 amide bonds. The molecule has 2 aromatic carbocycles. The van der Waals surface area contributed by atoms with Gasteiger partial charge in [0.1, 0.15) is 0 Å². The Hall–Kier alpha value is -2.19. The van der Waals surface area contributed by atoms with Gasteiger partial charge in [-0.25, -0.2) is 4.68 Å². The summed E-state index contributed by atoms with van der Waals surface area (Å²) in [4.78, 5) is 17.8. The van der Waals surface area contributed by atoms with Gasteiger partial charge in [-0.3, -0.25) is 9.79 Å². The Morgan fingerprint density at radius 2 is 2.00 bits per heavy atom. The van der Waals surface area contributed by atoms with E-state index in [9.17, 15) is 4.79 Å². The Morgan fingerprint density at radius 1 is 1.24 bits per heavy atom. The van der Waals surface area contributed by atoms with Crippen LogP contribution >= 0.6 is 50.5 Å². The number of carbonyl (C=O) groups excluding carboxylic acids is 1. The lowest BCUT2D eigenvalue weighted by atomic mass is 10.1. The molecule has 0 saturated carbocycles. The van der Waals surface area contributed by atoms with Crippen LogP contribution in [0, 0.1) is 0 Å². The molecule has 0 saturated heterocycles. The van der Waals surface area contributed by atoms with E-state index < -0.39 is 0 Å². The van der Waals surface area contributed by atoms with Crippen LogP contribution in [0.15, 0.2) is 69.0 Å². The largest absolute Gasteiger partial charge is 0.319 e.